The van der Waals surface area contributed by atoms with Crippen LogP contribution in [0.4, 0.5) is 10.5 Å². The zero-order chi connectivity index (χ0) is 14.2. The van der Waals surface area contributed by atoms with Gasteiger partial charge in [-0.2, -0.15) is 0 Å². The lowest BCUT2D eigenvalue weighted by molar-refractivity contribution is -0.119. The molecular formula is C14H17NO4. The number of carbonyl (C=O) groups is 2. The molecule has 0 saturated heterocycles. The molecule has 1 N–H and O–H groups in total. The van der Waals surface area contributed by atoms with E-state index < -0.39 is 23.5 Å². The number of nitrogens with zero attached hydrogens (tertiary/aromatic N) is 1. The second kappa shape index (κ2) is 4.66. The first-order chi connectivity index (χ1) is 8.85. The Hall–Kier alpha value is -1.88. The van der Waals surface area contributed by atoms with Crippen LogP contribution in [0.5, 0.6) is 0 Å². The van der Waals surface area contributed by atoms with E-state index in [0.29, 0.717) is 11.3 Å². The van der Waals surface area contributed by atoms with Crippen LogP contribution in [-0.2, 0) is 9.53 Å². The summed E-state index contributed by atoms with van der Waals surface area (Å²) < 4.78 is 5.23. The minimum Gasteiger partial charge on any atom is -0.443 e. The Morgan fingerprint density at radius 1 is 1.37 bits per heavy atom. The Bertz CT molecular complexity index is 518. The molecule has 2 rings (SSSR count). The van der Waals surface area contributed by atoms with E-state index in [2.05, 4.69) is 0 Å². The number of carbonyl (C=O) groups excluding carboxylic acids is 2. The van der Waals surface area contributed by atoms with Gasteiger partial charge in [0.25, 0.3) is 0 Å². The molecule has 0 spiro atoms. The average molecular weight is 263 g/mol. The molecule has 1 heterocycles. The number of benzene rings is 1. The van der Waals surface area contributed by atoms with Crippen LogP contribution in [0.1, 0.15) is 32.3 Å². The summed E-state index contributed by atoms with van der Waals surface area (Å²) in [5, 5.41) is 9.32. The number of hydrogen-bond acceptors (Lipinski definition) is 4. The third kappa shape index (κ3) is 2.46. The van der Waals surface area contributed by atoms with Gasteiger partial charge in [-0.1, -0.05) is 18.2 Å². The molecule has 2 amide bonds. The van der Waals surface area contributed by atoms with Gasteiger partial charge in [0.05, 0.1) is 18.2 Å². The first kappa shape index (κ1) is 13.5. The highest BCUT2D eigenvalue weighted by molar-refractivity contribution is 6.19. The van der Waals surface area contributed by atoms with Gasteiger partial charge in [0.15, 0.2) is 0 Å². The molecule has 0 aliphatic carbocycles. The largest absolute Gasteiger partial charge is 0.443 e. The highest BCUT2D eigenvalue weighted by Crippen LogP contribution is 2.37. The molecule has 0 radical (unpaired) electrons. The highest BCUT2D eigenvalue weighted by atomic mass is 16.6. The summed E-state index contributed by atoms with van der Waals surface area (Å²) in [7, 11) is 0. The van der Waals surface area contributed by atoms with E-state index in [1.807, 2.05) is 0 Å². The minimum atomic E-state index is -0.707. The molecular weight excluding hydrogens is 246 g/mol. The van der Waals surface area contributed by atoms with Crippen molar-refractivity contribution in [1.82, 2.24) is 0 Å². The lowest BCUT2D eigenvalue weighted by Gasteiger charge is -2.23. The van der Waals surface area contributed by atoms with Crippen molar-refractivity contribution in [2.75, 3.05) is 11.5 Å². The number of amides is 2. The molecule has 0 saturated carbocycles. The van der Waals surface area contributed by atoms with Gasteiger partial charge in [-0.3, -0.25) is 4.79 Å². The number of hydrogen-bond donors (Lipinski definition) is 1. The van der Waals surface area contributed by atoms with E-state index in [9.17, 15) is 14.7 Å². The van der Waals surface area contributed by atoms with Gasteiger partial charge in [0.1, 0.15) is 5.60 Å². The predicted molar refractivity (Wildman–Crippen MR) is 70.0 cm³/mol. The molecule has 1 aromatic rings. The SMILES string of the molecule is CC(C)(C)OC(=O)N1C(=O)C(CO)c2ccccc21. The first-order valence-electron chi connectivity index (χ1n) is 6.12. The number of anilines is 1. The number of aliphatic hydroxyl groups excluding tert-OH is 1. The molecule has 1 unspecified atom stereocenters. The molecule has 1 aliphatic heterocycles. The van der Waals surface area contributed by atoms with Crippen LogP contribution >= 0.6 is 0 Å². The Kier molecular flexibility index (Phi) is 3.32. The maximum absolute atomic E-state index is 12.2. The summed E-state index contributed by atoms with van der Waals surface area (Å²) >= 11 is 0. The van der Waals surface area contributed by atoms with Crippen LogP contribution in [0.25, 0.3) is 0 Å². The molecule has 5 heteroatoms. The van der Waals surface area contributed by atoms with Crippen molar-refractivity contribution >= 4 is 17.7 Å². The fraction of sp³-hybridized carbons (Fsp3) is 0.429. The maximum atomic E-state index is 12.2. The zero-order valence-corrected chi connectivity index (χ0v) is 11.2. The monoisotopic (exact) mass is 263 g/mol. The van der Waals surface area contributed by atoms with Crippen LogP contribution < -0.4 is 4.90 Å². The average Bonchev–Trinajstić information content (AvgIpc) is 2.58. The van der Waals surface area contributed by atoms with E-state index in [1.54, 1.807) is 45.0 Å². The van der Waals surface area contributed by atoms with Gasteiger partial charge in [0.2, 0.25) is 5.91 Å². The summed E-state index contributed by atoms with van der Waals surface area (Å²) in [6.07, 6.45) is -0.707. The van der Waals surface area contributed by atoms with Gasteiger partial charge >= 0.3 is 6.09 Å². The lowest BCUT2D eigenvalue weighted by Crippen LogP contribution is -2.40. The second-order valence-corrected chi connectivity index (χ2v) is 5.45. The Morgan fingerprint density at radius 2 is 2.00 bits per heavy atom. The van der Waals surface area contributed by atoms with Crippen molar-refractivity contribution < 1.29 is 19.4 Å². The Balaban J connectivity index is 2.37. The number of para-hydroxylation sites is 1. The summed E-state index contributed by atoms with van der Waals surface area (Å²) in [4.78, 5) is 25.3. The third-order valence-electron chi connectivity index (χ3n) is 2.83. The molecule has 0 fully saturated rings. The summed E-state index contributed by atoms with van der Waals surface area (Å²) in [6, 6.07) is 6.92. The van der Waals surface area contributed by atoms with Gasteiger partial charge in [-0.05, 0) is 32.4 Å². The van der Waals surface area contributed by atoms with Crippen molar-refractivity contribution in [3.05, 3.63) is 29.8 Å². The second-order valence-electron chi connectivity index (χ2n) is 5.45. The van der Waals surface area contributed by atoms with Crippen molar-refractivity contribution in [3.8, 4) is 0 Å². The lowest BCUT2D eigenvalue weighted by atomic mass is 10.0. The van der Waals surface area contributed by atoms with E-state index in [0.717, 1.165) is 4.90 Å². The summed E-state index contributed by atoms with van der Waals surface area (Å²) in [5.74, 6) is -1.14. The smallest absolute Gasteiger partial charge is 0.421 e. The van der Waals surface area contributed by atoms with Crippen LogP contribution in [0.15, 0.2) is 24.3 Å². The molecule has 0 aromatic heterocycles. The van der Waals surface area contributed by atoms with Gasteiger partial charge in [-0.25, -0.2) is 9.69 Å². The quantitative estimate of drug-likeness (QED) is 0.842. The standard InChI is InChI=1S/C14H17NO4/c1-14(2,3)19-13(18)15-11-7-5-4-6-9(11)10(8-16)12(15)17/h4-7,10,16H,8H2,1-3H3. The molecule has 1 aromatic carbocycles. The van der Waals surface area contributed by atoms with Crippen molar-refractivity contribution in [2.24, 2.45) is 0 Å². The molecule has 19 heavy (non-hydrogen) atoms. The number of fused-ring (bicyclic) bond motifs is 1. The topological polar surface area (TPSA) is 66.8 Å². The normalized spacial score (nSPS) is 18.4. The predicted octanol–water partition coefficient (Wildman–Crippen LogP) is 2.04. The fourth-order valence-corrected chi connectivity index (χ4v) is 2.07. The number of rotatable bonds is 1. The van der Waals surface area contributed by atoms with E-state index in [4.69, 9.17) is 4.74 Å². The van der Waals surface area contributed by atoms with Crippen LogP contribution in [0.3, 0.4) is 0 Å². The Morgan fingerprint density at radius 3 is 2.58 bits per heavy atom. The maximum Gasteiger partial charge on any atom is 0.421 e. The molecule has 5 nitrogen and oxygen atoms in total. The van der Waals surface area contributed by atoms with Gasteiger partial charge < -0.3 is 9.84 Å². The number of ether oxygens (including phenoxy) is 1. The first-order valence-corrected chi connectivity index (χ1v) is 6.12. The third-order valence-corrected chi connectivity index (χ3v) is 2.83. The molecule has 1 aliphatic rings. The van der Waals surface area contributed by atoms with E-state index in [-0.39, 0.29) is 6.61 Å². The van der Waals surface area contributed by atoms with Gasteiger partial charge in [-0.15, -0.1) is 0 Å². The van der Waals surface area contributed by atoms with Crippen molar-refractivity contribution in [1.29, 1.82) is 0 Å². The van der Waals surface area contributed by atoms with E-state index >= 15 is 0 Å². The summed E-state index contributed by atoms with van der Waals surface area (Å²) in [6.45, 7) is 4.89. The van der Waals surface area contributed by atoms with Gasteiger partial charge in [0, 0.05) is 0 Å². The molecule has 1 atom stereocenters. The number of imide groups is 1. The van der Waals surface area contributed by atoms with E-state index in [1.165, 1.54) is 0 Å². The Labute approximate surface area is 111 Å². The van der Waals surface area contributed by atoms with Crippen LogP contribution in [-0.4, -0.2) is 29.3 Å². The number of aliphatic hydroxyl groups is 1. The molecule has 102 valence electrons. The zero-order valence-electron chi connectivity index (χ0n) is 11.2. The van der Waals surface area contributed by atoms with Crippen LogP contribution in [0, 0.1) is 0 Å². The highest BCUT2D eigenvalue weighted by Gasteiger charge is 2.41. The van der Waals surface area contributed by atoms with Crippen molar-refractivity contribution in [2.45, 2.75) is 32.3 Å². The molecule has 0 bridgehead atoms. The van der Waals surface area contributed by atoms with Crippen LogP contribution in [0.2, 0.25) is 0 Å². The minimum absolute atomic E-state index is 0.324. The van der Waals surface area contributed by atoms with Crippen molar-refractivity contribution in [3.63, 3.8) is 0 Å². The summed E-state index contributed by atoms with van der Waals surface area (Å²) in [5.41, 5.74) is 0.463. The fourth-order valence-electron chi connectivity index (χ4n) is 2.07.